The topological polar surface area (TPSA) is 24.7 Å². The number of aryl methyl sites for hydroxylation is 1. The number of nitrogens with zero attached hydrogens (tertiary/aromatic N) is 2. The molecule has 1 aliphatic rings. The fourth-order valence-corrected chi connectivity index (χ4v) is 1.24. The van der Waals surface area contributed by atoms with Crippen molar-refractivity contribution in [2.24, 2.45) is 10.2 Å². The van der Waals surface area contributed by atoms with Crippen molar-refractivity contribution in [3.05, 3.63) is 35.4 Å². The Labute approximate surface area is 71.6 Å². The maximum absolute atomic E-state index is 4.09. The van der Waals surface area contributed by atoms with Crippen LogP contribution >= 0.6 is 0 Å². The molecule has 1 heterocycles. The fraction of sp³-hybridized carbons (Fsp3) is 0.200. The second kappa shape index (κ2) is 2.89. The standard InChI is InChI=1S/C10H10N2/c1-8-4-5-10-9(7-8)3-2-6-11-12-10/h2-5,7H,6H2,1H3. The Morgan fingerprint density at radius 1 is 1.33 bits per heavy atom. The van der Waals surface area contributed by atoms with E-state index in [4.69, 9.17) is 0 Å². The van der Waals surface area contributed by atoms with Crippen LogP contribution in [0.15, 0.2) is 34.5 Å². The molecule has 0 spiro atoms. The highest BCUT2D eigenvalue weighted by molar-refractivity contribution is 5.65. The van der Waals surface area contributed by atoms with E-state index in [1.807, 2.05) is 12.1 Å². The van der Waals surface area contributed by atoms with Crippen LogP contribution in [0.3, 0.4) is 0 Å². The molecule has 12 heavy (non-hydrogen) atoms. The second-order valence-electron chi connectivity index (χ2n) is 2.89. The molecule has 2 rings (SSSR count). The van der Waals surface area contributed by atoms with Crippen molar-refractivity contribution in [3.8, 4) is 0 Å². The lowest BCUT2D eigenvalue weighted by molar-refractivity contribution is 1.08. The van der Waals surface area contributed by atoms with E-state index in [1.165, 1.54) is 5.56 Å². The van der Waals surface area contributed by atoms with Gasteiger partial charge in [-0.05, 0) is 19.1 Å². The van der Waals surface area contributed by atoms with E-state index in [9.17, 15) is 0 Å². The monoisotopic (exact) mass is 158 g/mol. The van der Waals surface area contributed by atoms with Crippen molar-refractivity contribution in [1.82, 2.24) is 0 Å². The van der Waals surface area contributed by atoms with E-state index in [0.717, 1.165) is 11.3 Å². The number of fused-ring (bicyclic) bond motifs is 1. The van der Waals surface area contributed by atoms with E-state index in [2.05, 4.69) is 35.4 Å². The number of benzene rings is 1. The molecule has 0 saturated carbocycles. The highest BCUT2D eigenvalue weighted by atomic mass is 15.1. The number of hydrogen-bond donors (Lipinski definition) is 0. The summed E-state index contributed by atoms with van der Waals surface area (Å²) in [6.45, 7) is 2.77. The van der Waals surface area contributed by atoms with Gasteiger partial charge < -0.3 is 0 Å². The summed E-state index contributed by atoms with van der Waals surface area (Å²) in [4.78, 5) is 0. The van der Waals surface area contributed by atoms with Crippen LogP contribution in [0, 0.1) is 6.92 Å². The molecule has 0 saturated heterocycles. The summed E-state index contributed by atoms with van der Waals surface area (Å²) in [6, 6.07) is 6.18. The third-order valence-corrected chi connectivity index (χ3v) is 1.85. The molecule has 1 aliphatic heterocycles. The summed E-state index contributed by atoms with van der Waals surface area (Å²) in [7, 11) is 0. The minimum Gasteiger partial charge on any atom is -0.184 e. The summed E-state index contributed by atoms with van der Waals surface area (Å²) >= 11 is 0. The Bertz CT molecular complexity index is 351. The van der Waals surface area contributed by atoms with Crippen LogP contribution in [0.4, 0.5) is 5.69 Å². The predicted molar refractivity (Wildman–Crippen MR) is 49.6 cm³/mol. The smallest absolute Gasteiger partial charge is 0.0925 e. The molecule has 60 valence electrons. The zero-order valence-corrected chi connectivity index (χ0v) is 6.99. The average molecular weight is 158 g/mol. The van der Waals surface area contributed by atoms with Gasteiger partial charge in [-0.25, -0.2) is 0 Å². The first kappa shape index (κ1) is 7.22. The van der Waals surface area contributed by atoms with Crippen molar-refractivity contribution >= 4 is 11.8 Å². The van der Waals surface area contributed by atoms with Crippen LogP contribution in [0.2, 0.25) is 0 Å². The van der Waals surface area contributed by atoms with Gasteiger partial charge in [-0.3, -0.25) is 0 Å². The minimum absolute atomic E-state index is 0.688. The molecular weight excluding hydrogens is 148 g/mol. The van der Waals surface area contributed by atoms with Crippen molar-refractivity contribution < 1.29 is 0 Å². The van der Waals surface area contributed by atoms with Crippen molar-refractivity contribution in [1.29, 1.82) is 0 Å². The van der Waals surface area contributed by atoms with Gasteiger partial charge in [-0.1, -0.05) is 23.8 Å². The predicted octanol–water partition coefficient (Wildman–Crippen LogP) is 3.11. The molecule has 0 bridgehead atoms. The average Bonchev–Trinajstić information content (AvgIpc) is 2.28. The molecule has 2 nitrogen and oxygen atoms in total. The largest absolute Gasteiger partial charge is 0.184 e. The van der Waals surface area contributed by atoms with Gasteiger partial charge in [0.25, 0.3) is 0 Å². The maximum atomic E-state index is 4.09. The molecule has 0 N–H and O–H groups in total. The summed E-state index contributed by atoms with van der Waals surface area (Å²) in [5, 5.41) is 8.07. The van der Waals surface area contributed by atoms with Gasteiger partial charge in [0.15, 0.2) is 0 Å². The Hall–Kier alpha value is -1.44. The molecule has 0 unspecified atom stereocenters. The van der Waals surface area contributed by atoms with Gasteiger partial charge >= 0.3 is 0 Å². The Morgan fingerprint density at radius 3 is 3.17 bits per heavy atom. The van der Waals surface area contributed by atoms with Crippen LogP contribution in [-0.4, -0.2) is 6.54 Å². The molecule has 0 aromatic heterocycles. The molecular formula is C10H10N2. The van der Waals surface area contributed by atoms with E-state index in [1.54, 1.807) is 0 Å². The van der Waals surface area contributed by atoms with Crippen molar-refractivity contribution in [2.45, 2.75) is 6.92 Å². The first-order chi connectivity index (χ1) is 5.86. The summed E-state index contributed by atoms with van der Waals surface area (Å²) in [5.74, 6) is 0. The van der Waals surface area contributed by atoms with Gasteiger partial charge in [0.05, 0.1) is 12.2 Å². The van der Waals surface area contributed by atoms with E-state index < -0.39 is 0 Å². The molecule has 0 amide bonds. The quantitative estimate of drug-likeness (QED) is 0.554. The minimum atomic E-state index is 0.688. The lowest BCUT2D eigenvalue weighted by Crippen LogP contribution is -1.75. The lowest BCUT2D eigenvalue weighted by atomic mass is 10.1. The molecule has 1 aromatic rings. The van der Waals surface area contributed by atoms with E-state index >= 15 is 0 Å². The Kier molecular flexibility index (Phi) is 1.74. The van der Waals surface area contributed by atoms with E-state index in [0.29, 0.717) is 6.54 Å². The van der Waals surface area contributed by atoms with Crippen molar-refractivity contribution in [3.63, 3.8) is 0 Å². The van der Waals surface area contributed by atoms with Crippen LogP contribution in [0.1, 0.15) is 11.1 Å². The molecule has 2 heteroatoms. The SMILES string of the molecule is Cc1ccc2c(c1)C=CCN=N2. The fourth-order valence-electron chi connectivity index (χ4n) is 1.24. The van der Waals surface area contributed by atoms with Gasteiger partial charge in [0, 0.05) is 5.56 Å². The third kappa shape index (κ3) is 1.28. The summed E-state index contributed by atoms with van der Waals surface area (Å²) in [6.07, 6.45) is 4.09. The lowest BCUT2D eigenvalue weighted by Gasteiger charge is -1.98. The first-order valence-electron chi connectivity index (χ1n) is 4.01. The highest BCUT2D eigenvalue weighted by Crippen LogP contribution is 2.23. The highest BCUT2D eigenvalue weighted by Gasteiger charge is 1.99. The van der Waals surface area contributed by atoms with Crippen molar-refractivity contribution in [2.75, 3.05) is 6.54 Å². The van der Waals surface area contributed by atoms with Crippen LogP contribution in [0.25, 0.3) is 6.08 Å². The number of rotatable bonds is 0. The zero-order chi connectivity index (χ0) is 8.39. The van der Waals surface area contributed by atoms with Gasteiger partial charge in [0.1, 0.15) is 0 Å². The Balaban J connectivity index is 2.58. The summed E-state index contributed by atoms with van der Waals surface area (Å²) < 4.78 is 0. The number of azo groups is 1. The third-order valence-electron chi connectivity index (χ3n) is 1.85. The maximum Gasteiger partial charge on any atom is 0.0925 e. The molecule has 0 radical (unpaired) electrons. The van der Waals surface area contributed by atoms with E-state index in [-0.39, 0.29) is 0 Å². The molecule has 0 atom stereocenters. The summed E-state index contributed by atoms with van der Waals surface area (Å²) in [5.41, 5.74) is 3.39. The molecule has 1 aromatic carbocycles. The second-order valence-corrected chi connectivity index (χ2v) is 2.89. The number of hydrogen-bond acceptors (Lipinski definition) is 2. The van der Waals surface area contributed by atoms with Crippen LogP contribution in [-0.2, 0) is 0 Å². The van der Waals surface area contributed by atoms with Gasteiger partial charge in [-0.2, -0.15) is 10.2 Å². The van der Waals surface area contributed by atoms with Crippen LogP contribution in [0.5, 0.6) is 0 Å². The molecule has 0 aliphatic carbocycles. The molecule has 0 fully saturated rings. The normalized spacial score (nSPS) is 14.1. The van der Waals surface area contributed by atoms with Gasteiger partial charge in [-0.15, -0.1) is 0 Å². The van der Waals surface area contributed by atoms with Gasteiger partial charge in [0.2, 0.25) is 0 Å². The Morgan fingerprint density at radius 2 is 2.25 bits per heavy atom. The zero-order valence-electron chi connectivity index (χ0n) is 6.99. The van der Waals surface area contributed by atoms with Crippen LogP contribution < -0.4 is 0 Å². The first-order valence-corrected chi connectivity index (χ1v) is 4.01.